The quantitative estimate of drug-likeness (QED) is 0.573. The minimum Gasteiger partial charge on any atom is -0.444 e. The molecule has 0 saturated heterocycles. The summed E-state index contributed by atoms with van der Waals surface area (Å²) in [6, 6.07) is -1.98. The maximum absolute atomic E-state index is 12.5. The predicted molar refractivity (Wildman–Crippen MR) is 104 cm³/mol. The number of rotatable bonds is 8. The van der Waals surface area contributed by atoms with Crippen LogP contribution in [-0.4, -0.2) is 54.2 Å². The number of hydrogen-bond acceptors (Lipinski definition) is 6. The molecule has 1 radical (unpaired) electrons. The molecule has 0 heterocycles. The molecule has 161 valence electrons. The standard InChI is InChI=1S/C19H34N3O6/c1-12(2)9-13(11-23)21-15(24)14(22-17(26)28-19(6,7)8)10-20-16(25)27-18(3,4)5/h12-14H,9-10H2,1-8H3,(H,20,25)(H,21,24)(H,22,26). The van der Waals surface area contributed by atoms with Crippen LogP contribution in [0, 0.1) is 5.92 Å². The Morgan fingerprint density at radius 3 is 1.82 bits per heavy atom. The Morgan fingerprint density at radius 1 is 0.893 bits per heavy atom. The molecule has 0 spiro atoms. The van der Waals surface area contributed by atoms with Gasteiger partial charge in [-0.1, -0.05) is 13.8 Å². The number of hydrogen-bond donors (Lipinski definition) is 3. The topological polar surface area (TPSA) is 123 Å². The molecule has 0 aromatic heterocycles. The van der Waals surface area contributed by atoms with Gasteiger partial charge in [-0.3, -0.25) is 9.59 Å². The van der Waals surface area contributed by atoms with Crippen molar-refractivity contribution >= 4 is 24.4 Å². The molecule has 3 amide bonds. The predicted octanol–water partition coefficient (Wildman–Crippen LogP) is 2.04. The fourth-order valence-electron chi connectivity index (χ4n) is 2.04. The second-order valence-corrected chi connectivity index (χ2v) is 8.89. The molecule has 0 aromatic rings. The van der Waals surface area contributed by atoms with Crippen molar-refractivity contribution in [2.45, 2.75) is 85.1 Å². The van der Waals surface area contributed by atoms with Gasteiger partial charge in [-0.05, 0) is 53.9 Å². The summed E-state index contributed by atoms with van der Waals surface area (Å²) in [6.07, 6.45) is 0.602. The monoisotopic (exact) mass is 400 g/mol. The zero-order valence-electron chi connectivity index (χ0n) is 18.1. The highest BCUT2D eigenvalue weighted by molar-refractivity contribution is 5.88. The molecule has 0 aromatic carbocycles. The van der Waals surface area contributed by atoms with E-state index in [4.69, 9.17) is 9.47 Å². The van der Waals surface area contributed by atoms with Crippen LogP contribution >= 0.6 is 0 Å². The molecule has 0 fully saturated rings. The Bertz CT molecular complexity index is 549. The molecule has 9 nitrogen and oxygen atoms in total. The molecule has 3 N–H and O–H groups in total. The Balaban J connectivity index is 5.09. The molecule has 0 aliphatic rings. The second-order valence-electron chi connectivity index (χ2n) is 8.89. The number of alkyl carbamates (subject to hydrolysis) is 2. The normalized spacial score (nSPS) is 13.9. The number of amides is 3. The molecular formula is C19H34N3O6. The van der Waals surface area contributed by atoms with Gasteiger partial charge in [-0.25, -0.2) is 9.59 Å². The summed E-state index contributed by atoms with van der Waals surface area (Å²) in [5, 5.41) is 7.34. The summed E-state index contributed by atoms with van der Waals surface area (Å²) >= 11 is 0. The Hall–Kier alpha value is -2.32. The van der Waals surface area contributed by atoms with Gasteiger partial charge < -0.3 is 25.4 Å². The first-order valence-corrected chi connectivity index (χ1v) is 9.27. The van der Waals surface area contributed by atoms with Gasteiger partial charge in [0.1, 0.15) is 17.2 Å². The van der Waals surface area contributed by atoms with Crippen molar-refractivity contribution in [3.8, 4) is 0 Å². The van der Waals surface area contributed by atoms with Crippen LogP contribution in [-0.2, 0) is 19.1 Å². The fourth-order valence-corrected chi connectivity index (χ4v) is 2.04. The van der Waals surface area contributed by atoms with E-state index < -0.39 is 41.4 Å². The number of nitrogens with one attached hydrogen (secondary N) is 3. The minimum absolute atomic E-state index is 0.156. The van der Waals surface area contributed by atoms with E-state index >= 15 is 0 Å². The van der Waals surface area contributed by atoms with Gasteiger partial charge in [0.15, 0.2) is 0 Å². The number of carbonyl (C=O) groups is 3. The van der Waals surface area contributed by atoms with E-state index in [1.807, 2.05) is 13.8 Å². The van der Waals surface area contributed by atoms with Gasteiger partial charge in [0.2, 0.25) is 12.2 Å². The van der Waals surface area contributed by atoms with Gasteiger partial charge in [0, 0.05) is 0 Å². The summed E-state index contributed by atoms with van der Waals surface area (Å²) in [6.45, 7) is 13.7. The van der Waals surface area contributed by atoms with Crippen molar-refractivity contribution in [3.05, 3.63) is 0 Å². The molecule has 9 heteroatoms. The lowest BCUT2D eigenvalue weighted by molar-refractivity contribution is -0.123. The van der Waals surface area contributed by atoms with Crippen LogP contribution in [0.15, 0.2) is 0 Å². The molecular weight excluding hydrogens is 366 g/mol. The number of carbonyl (C=O) groups excluding carboxylic acids is 4. The second kappa shape index (κ2) is 10.9. The molecule has 2 unspecified atom stereocenters. The van der Waals surface area contributed by atoms with E-state index in [-0.39, 0.29) is 12.5 Å². The average molecular weight is 400 g/mol. The SMILES string of the molecule is CC(C)CC([C]=O)NC(=O)C(CNC(=O)OC(C)(C)C)NC(=O)OC(C)(C)C. The first kappa shape index (κ1) is 25.7. The van der Waals surface area contributed by atoms with E-state index in [2.05, 4.69) is 16.0 Å². The van der Waals surface area contributed by atoms with E-state index in [9.17, 15) is 19.2 Å². The van der Waals surface area contributed by atoms with Crippen molar-refractivity contribution < 1.29 is 28.7 Å². The Kier molecular flexibility index (Phi) is 9.97. The van der Waals surface area contributed by atoms with Crippen LogP contribution in [0.25, 0.3) is 0 Å². The summed E-state index contributed by atoms with van der Waals surface area (Å²) in [4.78, 5) is 47.5. The zero-order valence-corrected chi connectivity index (χ0v) is 18.1. The first-order chi connectivity index (χ1) is 12.6. The van der Waals surface area contributed by atoms with Gasteiger partial charge in [-0.2, -0.15) is 0 Å². The molecule has 0 rings (SSSR count). The smallest absolute Gasteiger partial charge is 0.408 e. The van der Waals surface area contributed by atoms with Crippen molar-refractivity contribution in [3.63, 3.8) is 0 Å². The van der Waals surface area contributed by atoms with E-state index in [0.717, 1.165) is 0 Å². The van der Waals surface area contributed by atoms with Crippen molar-refractivity contribution in [2.24, 2.45) is 5.92 Å². The lowest BCUT2D eigenvalue weighted by Crippen LogP contribution is -2.55. The zero-order chi connectivity index (χ0) is 22.1. The van der Waals surface area contributed by atoms with Gasteiger partial charge in [0.05, 0.1) is 12.6 Å². The third-order valence-electron chi connectivity index (χ3n) is 3.02. The molecule has 0 bridgehead atoms. The highest BCUT2D eigenvalue weighted by atomic mass is 16.6. The highest BCUT2D eigenvalue weighted by Gasteiger charge is 2.27. The Morgan fingerprint density at radius 2 is 1.39 bits per heavy atom. The molecule has 0 aliphatic carbocycles. The van der Waals surface area contributed by atoms with Crippen LogP contribution in [0.4, 0.5) is 9.59 Å². The lowest BCUT2D eigenvalue weighted by atomic mass is 10.0. The van der Waals surface area contributed by atoms with Crippen molar-refractivity contribution in [1.29, 1.82) is 0 Å². The van der Waals surface area contributed by atoms with Crippen molar-refractivity contribution in [2.75, 3.05) is 6.54 Å². The van der Waals surface area contributed by atoms with Crippen LogP contribution in [0.2, 0.25) is 0 Å². The lowest BCUT2D eigenvalue weighted by Gasteiger charge is -2.25. The van der Waals surface area contributed by atoms with E-state index in [0.29, 0.717) is 6.42 Å². The highest BCUT2D eigenvalue weighted by Crippen LogP contribution is 2.08. The van der Waals surface area contributed by atoms with Crippen LogP contribution in [0.1, 0.15) is 61.8 Å². The van der Waals surface area contributed by atoms with Gasteiger partial charge >= 0.3 is 12.2 Å². The van der Waals surface area contributed by atoms with Gasteiger partial charge in [-0.15, -0.1) is 0 Å². The molecule has 2 atom stereocenters. The summed E-state index contributed by atoms with van der Waals surface area (Å²) in [7, 11) is 0. The van der Waals surface area contributed by atoms with Crippen LogP contribution in [0.3, 0.4) is 0 Å². The summed E-state index contributed by atoms with van der Waals surface area (Å²) in [5.74, 6) is -0.486. The maximum atomic E-state index is 12.5. The van der Waals surface area contributed by atoms with Crippen LogP contribution < -0.4 is 16.0 Å². The van der Waals surface area contributed by atoms with Crippen molar-refractivity contribution in [1.82, 2.24) is 16.0 Å². The molecule has 0 aliphatic heterocycles. The Labute approximate surface area is 167 Å². The molecule has 28 heavy (non-hydrogen) atoms. The van der Waals surface area contributed by atoms with Gasteiger partial charge in [0.25, 0.3) is 0 Å². The molecule has 0 saturated carbocycles. The summed E-state index contributed by atoms with van der Waals surface area (Å²) < 4.78 is 10.3. The first-order valence-electron chi connectivity index (χ1n) is 9.27. The van der Waals surface area contributed by atoms with Crippen LogP contribution in [0.5, 0.6) is 0 Å². The van der Waals surface area contributed by atoms with E-state index in [1.165, 1.54) is 0 Å². The fraction of sp³-hybridized carbons (Fsp3) is 0.789. The van der Waals surface area contributed by atoms with E-state index in [1.54, 1.807) is 47.8 Å². The number of ether oxygens (including phenoxy) is 2. The third kappa shape index (κ3) is 12.9. The average Bonchev–Trinajstić information content (AvgIpc) is 2.46. The largest absolute Gasteiger partial charge is 0.444 e. The minimum atomic E-state index is -1.16. The third-order valence-corrected chi connectivity index (χ3v) is 3.02. The maximum Gasteiger partial charge on any atom is 0.408 e. The summed E-state index contributed by atoms with van der Waals surface area (Å²) in [5.41, 5.74) is -1.48.